The molecule has 1 amide bonds. The van der Waals surface area contributed by atoms with Crippen molar-refractivity contribution < 1.29 is 19.4 Å². The van der Waals surface area contributed by atoms with E-state index >= 15 is 0 Å². The molecule has 0 bridgehead atoms. The van der Waals surface area contributed by atoms with E-state index < -0.39 is 17.7 Å². The van der Waals surface area contributed by atoms with E-state index in [-0.39, 0.29) is 22.5 Å². The fraction of sp³-hybridized carbons (Fsp3) is 0.304. The molecule has 7 heteroatoms. The molecule has 1 aliphatic rings. The molecule has 0 aromatic heterocycles. The monoisotopic (exact) mass is 447 g/mol. The summed E-state index contributed by atoms with van der Waals surface area (Å²) in [5.74, 6) is -1.64. The maximum Gasteiger partial charge on any atom is 0.295 e. The molecule has 3 rings (SSSR count). The largest absolute Gasteiger partial charge is 0.507 e. The molecule has 0 aliphatic carbocycles. The number of rotatable bonds is 7. The van der Waals surface area contributed by atoms with Crippen molar-refractivity contribution in [2.75, 3.05) is 13.2 Å². The number of carbonyl (C=O) groups is 2. The van der Waals surface area contributed by atoms with Gasteiger partial charge >= 0.3 is 0 Å². The number of Topliss-reactive ketones (excluding diaryl/α,β-unsaturated/α-hetero) is 1. The third-order valence-electron chi connectivity index (χ3n) is 4.84. The smallest absolute Gasteiger partial charge is 0.295 e. The standard InChI is InChI=1S/C23H23Cl2NO4/c1-14(2)30-12-6-11-26-20(15-7-4-3-5-8-15)19(22(28)23(26)29)21(27)16-9-10-17(24)18(25)13-16/h3-5,7-10,13-14,20,27H,6,11-12H2,1-2H3/b21-19-. The maximum absolute atomic E-state index is 12.9. The van der Waals surface area contributed by atoms with Gasteiger partial charge in [-0.3, -0.25) is 9.59 Å². The van der Waals surface area contributed by atoms with Gasteiger partial charge in [-0.25, -0.2) is 0 Å². The second-order valence-electron chi connectivity index (χ2n) is 7.31. The Hall–Kier alpha value is -2.34. The molecule has 1 unspecified atom stereocenters. The number of nitrogens with zero attached hydrogens (tertiary/aromatic N) is 1. The summed E-state index contributed by atoms with van der Waals surface area (Å²) in [5, 5.41) is 11.6. The van der Waals surface area contributed by atoms with Crippen LogP contribution in [0.3, 0.4) is 0 Å². The molecule has 1 heterocycles. The summed E-state index contributed by atoms with van der Waals surface area (Å²) in [6.07, 6.45) is 0.654. The number of halogens is 2. The number of ether oxygens (including phenoxy) is 1. The molecule has 2 aromatic carbocycles. The molecule has 158 valence electrons. The van der Waals surface area contributed by atoms with E-state index in [1.54, 1.807) is 6.07 Å². The minimum Gasteiger partial charge on any atom is -0.507 e. The Balaban J connectivity index is 2.02. The second-order valence-corrected chi connectivity index (χ2v) is 8.12. The van der Waals surface area contributed by atoms with Gasteiger partial charge in [-0.15, -0.1) is 0 Å². The van der Waals surface area contributed by atoms with Crippen LogP contribution in [0, 0.1) is 0 Å². The van der Waals surface area contributed by atoms with E-state index in [4.69, 9.17) is 27.9 Å². The summed E-state index contributed by atoms with van der Waals surface area (Å²) in [4.78, 5) is 27.2. The first-order valence-electron chi connectivity index (χ1n) is 9.71. The van der Waals surface area contributed by atoms with E-state index in [1.807, 2.05) is 44.2 Å². The predicted molar refractivity (Wildman–Crippen MR) is 118 cm³/mol. The summed E-state index contributed by atoms with van der Waals surface area (Å²) in [6, 6.07) is 13.1. The lowest BCUT2D eigenvalue weighted by atomic mass is 9.95. The van der Waals surface area contributed by atoms with Gasteiger partial charge in [0.15, 0.2) is 0 Å². The summed E-state index contributed by atoms with van der Waals surface area (Å²) < 4.78 is 5.56. The second kappa shape index (κ2) is 9.65. The average molecular weight is 448 g/mol. The Kier molecular flexibility index (Phi) is 7.19. The number of likely N-dealkylation sites (tertiary alicyclic amines) is 1. The molecular weight excluding hydrogens is 425 g/mol. The quantitative estimate of drug-likeness (QED) is 0.273. The van der Waals surface area contributed by atoms with Crippen LogP contribution in [0.25, 0.3) is 5.76 Å². The molecule has 1 atom stereocenters. The fourth-order valence-electron chi connectivity index (χ4n) is 3.45. The molecule has 30 heavy (non-hydrogen) atoms. The molecule has 0 saturated carbocycles. The van der Waals surface area contributed by atoms with Crippen LogP contribution >= 0.6 is 23.2 Å². The Morgan fingerprint density at radius 2 is 1.80 bits per heavy atom. The van der Waals surface area contributed by atoms with Crippen LogP contribution in [-0.2, 0) is 14.3 Å². The molecule has 1 saturated heterocycles. The van der Waals surface area contributed by atoms with Gasteiger partial charge in [0.2, 0.25) is 0 Å². The maximum atomic E-state index is 12.9. The lowest BCUT2D eigenvalue weighted by Crippen LogP contribution is -2.31. The number of aliphatic hydroxyl groups is 1. The first-order valence-corrected chi connectivity index (χ1v) is 10.5. The summed E-state index contributed by atoms with van der Waals surface area (Å²) in [5.41, 5.74) is 1.10. The predicted octanol–water partition coefficient (Wildman–Crippen LogP) is 5.23. The SMILES string of the molecule is CC(C)OCCCN1C(=O)C(=O)/C(=C(\O)c2ccc(Cl)c(Cl)c2)C1c1ccccc1. The number of benzene rings is 2. The molecular formula is C23H23Cl2NO4. The molecule has 1 aliphatic heterocycles. The average Bonchev–Trinajstić information content (AvgIpc) is 2.98. The minimum absolute atomic E-state index is 0.0365. The van der Waals surface area contributed by atoms with E-state index in [9.17, 15) is 14.7 Å². The summed E-state index contributed by atoms with van der Waals surface area (Å²) in [6.45, 7) is 4.67. The number of ketones is 1. The molecule has 0 spiro atoms. The van der Waals surface area contributed by atoms with Crippen LogP contribution in [0.5, 0.6) is 0 Å². The Morgan fingerprint density at radius 1 is 1.10 bits per heavy atom. The number of amides is 1. The minimum atomic E-state index is -0.725. The molecule has 1 N–H and O–H groups in total. The van der Waals surface area contributed by atoms with Gasteiger partial charge in [-0.1, -0.05) is 53.5 Å². The van der Waals surface area contributed by atoms with Crippen LogP contribution in [0.2, 0.25) is 10.0 Å². The van der Waals surface area contributed by atoms with Crippen molar-refractivity contribution in [1.29, 1.82) is 0 Å². The van der Waals surface area contributed by atoms with Crippen molar-refractivity contribution in [1.82, 2.24) is 4.90 Å². The van der Waals surface area contributed by atoms with E-state index in [1.165, 1.54) is 17.0 Å². The van der Waals surface area contributed by atoms with Crippen LogP contribution < -0.4 is 0 Å². The van der Waals surface area contributed by atoms with Crippen LogP contribution in [-0.4, -0.2) is 41.0 Å². The topological polar surface area (TPSA) is 66.8 Å². The number of carbonyl (C=O) groups excluding carboxylic acids is 2. The van der Waals surface area contributed by atoms with Crippen LogP contribution in [0.4, 0.5) is 0 Å². The van der Waals surface area contributed by atoms with Crippen molar-refractivity contribution in [2.45, 2.75) is 32.4 Å². The molecule has 0 radical (unpaired) electrons. The van der Waals surface area contributed by atoms with Gasteiger partial charge in [0.05, 0.1) is 27.8 Å². The van der Waals surface area contributed by atoms with Gasteiger partial charge in [-0.05, 0) is 44.0 Å². The first-order chi connectivity index (χ1) is 14.3. The molecule has 5 nitrogen and oxygen atoms in total. The lowest BCUT2D eigenvalue weighted by Gasteiger charge is -2.25. The zero-order chi connectivity index (χ0) is 21.8. The normalized spacial score (nSPS) is 18.4. The van der Waals surface area contributed by atoms with Crippen molar-refractivity contribution in [3.63, 3.8) is 0 Å². The molecule has 1 fully saturated rings. The van der Waals surface area contributed by atoms with E-state index in [0.29, 0.717) is 30.2 Å². The van der Waals surface area contributed by atoms with E-state index in [2.05, 4.69) is 0 Å². The highest BCUT2D eigenvalue weighted by Crippen LogP contribution is 2.40. The van der Waals surface area contributed by atoms with Crippen molar-refractivity contribution >= 4 is 40.7 Å². The van der Waals surface area contributed by atoms with Gasteiger partial charge in [-0.2, -0.15) is 0 Å². The fourth-order valence-corrected chi connectivity index (χ4v) is 3.74. The van der Waals surface area contributed by atoms with Crippen LogP contribution in [0.15, 0.2) is 54.1 Å². The Bertz CT molecular complexity index is 972. The number of hydrogen-bond donors (Lipinski definition) is 1. The first kappa shape index (κ1) is 22.3. The summed E-state index contributed by atoms with van der Waals surface area (Å²) in [7, 11) is 0. The highest BCUT2D eigenvalue weighted by atomic mass is 35.5. The van der Waals surface area contributed by atoms with Crippen molar-refractivity contribution in [3.05, 3.63) is 75.3 Å². The number of hydrogen-bond acceptors (Lipinski definition) is 4. The van der Waals surface area contributed by atoms with E-state index in [0.717, 1.165) is 5.56 Å². The van der Waals surface area contributed by atoms with Gasteiger partial charge in [0.1, 0.15) is 5.76 Å². The van der Waals surface area contributed by atoms with Crippen molar-refractivity contribution in [2.24, 2.45) is 0 Å². The van der Waals surface area contributed by atoms with Gasteiger partial charge in [0, 0.05) is 18.7 Å². The zero-order valence-corrected chi connectivity index (χ0v) is 18.3. The molecule has 2 aromatic rings. The highest BCUT2D eigenvalue weighted by Gasteiger charge is 2.45. The van der Waals surface area contributed by atoms with Crippen LogP contribution in [0.1, 0.15) is 37.4 Å². The third kappa shape index (κ3) is 4.69. The third-order valence-corrected chi connectivity index (χ3v) is 5.58. The number of aliphatic hydroxyl groups excluding tert-OH is 1. The lowest BCUT2D eigenvalue weighted by molar-refractivity contribution is -0.140. The Morgan fingerprint density at radius 3 is 2.43 bits per heavy atom. The summed E-state index contributed by atoms with van der Waals surface area (Å²) >= 11 is 12.0. The van der Waals surface area contributed by atoms with Crippen molar-refractivity contribution in [3.8, 4) is 0 Å². The van der Waals surface area contributed by atoms with Gasteiger partial charge in [0.25, 0.3) is 11.7 Å². The van der Waals surface area contributed by atoms with Gasteiger partial charge < -0.3 is 14.7 Å². The Labute approximate surface area is 185 Å². The highest BCUT2D eigenvalue weighted by molar-refractivity contribution is 6.46. The zero-order valence-electron chi connectivity index (χ0n) is 16.8.